The quantitative estimate of drug-likeness (QED) is 0.671. The minimum Gasteiger partial charge on any atom is -0.507 e. The number of hydrogen-bond donors (Lipinski definition) is 2. The fourth-order valence-electron chi connectivity index (χ4n) is 3.74. The number of aryl methyl sites for hydroxylation is 1. The van der Waals surface area contributed by atoms with Crippen LogP contribution in [0.2, 0.25) is 5.02 Å². The van der Waals surface area contributed by atoms with Crippen molar-refractivity contribution in [1.82, 2.24) is 14.9 Å². The van der Waals surface area contributed by atoms with Gasteiger partial charge < -0.3 is 14.8 Å². The molecule has 0 bridgehead atoms. The standard InChI is InChI=1S/C20H22ClFN4O2/c1-3-26-9-13(22)8-14(10-26)23-20-25-19-17(28-20)5-4-15(24-19)18-11(2)6-12(21)7-16(18)27/h4-7,13-14,27H,3,8-10H2,1-2H3,(H,23,24,25)/t13-,14+/m0/s1. The molecule has 1 saturated heterocycles. The summed E-state index contributed by atoms with van der Waals surface area (Å²) in [4.78, 5) is 11.0. The van der Waals surface area contributed by atoms with Gasteiger partial charge >= 0.3 is 0 Å². The van der Waals surface area contributed by atoms with E-state index < -0.39 is 6.17 Å². The van der Waals surface area contributed by atoms with Crippen LogP contribution < -0.4 is 5.32 Å². The van der Waals surface area contributed by atoms with E-state index in [4.69, 9.17) is 16.0 Å². The molecule has 1 aliphatic heterocycles. The maximum Gasteiger partial charge on any atom is 0.297 e. The second-order valence-corrected chi connectivity index (χ2v) is 7.62. The van der Waals surface area contributed by atoms with E-state index in [0.29, 0.717) is 46.5 Å². The highest BCUT2D eigenvalue weighted by Crippen LogP contribution is 2.35. The van der Waals surface area contributed by atoms with Crippen LogP contribution in [0.4, 0.5) is 10.4 Å². The maximum atomic E-state index is 13.9. The first-order valence-electron chi connectivity index (χ1n) is 9.33. The Hall–Kier alpha value is -2.38. The van der Waals surface area contributed by atoms with Crippen molar-refractivity contribution >= 4 is 28.8 Å². The second kappa shape index (κ2) is 7.56. The van der Waals surface area contributed by atoms with Gasteiger partial charge in [-0.2, -0.15) is 4.98 Å². The number of benzene rings is 1. The Morgan fingerprint density at radius 3 is 2.89 bits per heavy atom. The second-order valence-electron chi connectivity index (χ2n) is 7.18. The van der Waals surface area contributed by atoms with Crippen LogP contribution >= 0.6 is 11.6 Å². The Kier molecular flexibility index (Phi) is 5.12. The average Bonchev–Trinajstić information content (AvgIpc) is 3.01. The third-order valence-corrected chi connectivity index (χ3v) is 5.26. The number of rotatable bonds is 4. The number of likely N-dealkylation sites (tertiary alicyclic amines) is 1. The minimum absolute atomic E-state index is 0.0644. The first-order valence-corrected chi connectivity index (χ1v) is 9.70. The Labute approximate surface area is 167 Å². The van der Waals surface area contributed by atoms with Gasteiger partial charge in [0.15, 0.2) is 5.58 Å². The molecule has 0 saturated carbocycles. The molecule has 4 rings (SSSR count). The molecule has 1 fully saturated rings. The molecule has 2 N–H and O–H groups in total. The largest absolute Gasteiger partial charge is 0.507 e. The summed E-state index contributed by atoms with van der Waals surface area (Å²) >= 11 is 5.99. The molecule has 148 valence electrons. The van der Waals surface area contributed by atoms with E-state index in [0.717, 1.165) is 18.7 Å². The minimum atomic E-state index is -0.865. The molecule has 0 unspecified atom stereocenters. The SMILES string of the molecule is CCN1C[C@@H](F)C[C@@H](Nc2nc3nc(-c4c(C)cc(Cl)cc4O)ccc3o2)C1. The lowest BCUT2D eigenvalue weighted by molar-refractivity contribution is 0.134. The molecule has 6 nitrogen and oxygen atoms in total. The van der Waals surface area contributed by atoms with Crippen molar-refractivity contribution in [2.75, 3.05) is 25.0 Å². The van der Waals surface area contributed by atoms with Gasteiger partial charge in [-0.1, -0.05) is 18.5 Å². The molecule has 2 atom stereocenters. The van der Waals surface area contributed by atoms with E-state index in [9.17, 15) is 9.50 Å². The maximum absolute atomic E-state index is 13.9. The predicted octanol–water partition coefficient (Wildman–Crippen LogP) is 4.40. The van der Waals surface area contributed by atoms with E-state index >= 15 is 0 Å². The number of aromatic nitrogens is 2. The molecule has 0 radical (unpaired) electrons. The van der Waals surface area contributed by atoms with Crippen molar-refractivity contribution in [1.29, 1.82) is 0 Å². The zero-order valence-electron chi connectivity index (χ0n) is 15.7. The van der Waals surface area contributed by atoms with Gasteiger partial charge in [0.05, 0.1) is 5.69 Å². The molecule has 1 aliphatic rings. The van der Waals surface area contributed by atoms with Gasteiger partial charge in [0.25, 0.3) is 6.01 Å². The highest BCUT2D eigenvalue weighted by molar-refractivity contribution is 6.31. The zero-order chi connectivity index (χ0) is 19.8. The van der Waals surface area contributed by atoms with Crippen LogP contribution in [0, 0.1) is 6.92 Å². The summed E-state index contributed by atoms with van der Waals surface area (Å²) in [7, 11) is 0. The van der Waals surface area contributed by atoms with Crippen molar-refractivity contribution in [2.45, 2.75) is 32.5 Å². The molecule has 0 aliphatic carbocycles. The van der Waals surface area contributed by atoms with Crippen molar-refractivity contribution in [2.24, 2.45) is 0 Å². The number of likely N-dealkylation sites (N-methyl/N-ethyl adjacent to an activating group) is 1. The first kappa shape index (κ1) is 19.0. The Morgan fingerprint density at radius 2 is 2.14 bits per heavy atom. The molecule has 2 aromatic heterocycles. The van der Waals surface area contributed by atoms with E-state index in [1.54, 1.807) is 18.2 Å². The van der Waals surface area contributed by atoms with E-state index in [1.165, 1.54) is 6.07 Å². The fourth-order valence-corrected chi connectivity index (χ4v) is 4.01. The third kappa shape index (κ3) is 3.77. The van der Waals surface area contributed by atoms with E-state index in [1.807, 2.05) is 13.8 Å². The fraction of sp³-hybridized carbons (Fsp3) is 0.400. The number of phenols is 1. The lowest BCUT2D eigenvalue weighted by Crippen LogP contribution is -2.47. The lowest BCUT2D eigenvalue weighted by Gasteiger charge is -2.33. The summed E-state index contributed by atoms with van der Waals surface area (Å²) in [5.41, 5.74) is 2.95. The van der Waals surface area contributed by atoms with Gasteiger partial charge in [-0.3, -0.25) is 4.90 Å². The third-order valence-electron chi connectivity index (χ3n) is 5.04. The zero-order valence-corrected chi connectivity index (χ0v) is 16.5. The number of piperidine rings is 1. The van der Waals surface area contributed by atoms with Crippen LogP contribution in [-0.2, 0) is 0 Å². The van der Waals surface area contributed by atoms with Crippen molar-refractivity contribution in [3.63, 3.8) is 0 Å². The lowest BCUT2D eigenvalue weighted by atomic mass is 10.0. The van der Waals surface area contributed by atoms with Gasteiger partial charge in [-0.05, 0) is 43.3 Å². The molecule has 3 aromatic rings. The number of nitrogens with one attached hydrogen (secondary N) is 1. The number of oxazole rings is 1. The Morgan fingerprint density at radius 1 is 1.32 bits per heavy atom. The van der Waals surface area contributed by atoms with Gasteiger partial charge in [-0.25, -0.2) is 9.37 Å². The van der Waals surface area contributed by atoms with Crippen molar-refractivity contribution < 1.29 is 13.9 Å². The van der Waals surface area contributed by atoms with Crippen LogP contribution in [0.3, 0.4) is 0 Å². The normalized spacial score (nSPS) is 20.6. The predicted molar refractivity (Wildman–Crippen MR) is 108 cm³/mol. The molecule has 0 spiro atoms. The van der Waals surface area contributed by atoms with Gasteiger partial charge in [-0.15, -0.1) is 0 Å². The number of halogens is 2. The van der Waals surface area contributed by atoms with Crippen molar-refractivity contribution in [3.05, 3.63) is 34.9 Å². The van der Waals surface area contributed by atoms with Crippen LogP contribution in [0.1, 0.15) is 18.9 Å². The number of aromatic hydroxyl groups is 1. The molecule has 8 heteroatoms. The summed E-state index contributed by atoms with van der Waals surface area (Å²) < 4.78 is 19.7. The van der Waals surface area contributed by atoms with Crippen LogP contribution in [0.25, 0.3) is 22.5 Å². The first-order chi connectivity index (χ1) is 13.4. The summed E-state index contributed by atoms with van der Waals surface area (Å²) in [6, 6.07) is 7.05. The van der Waals surface area contributed by atoms with Crippen LogP contribution in [-0.4, -0.2) is 51.8 Å². The van der Waals surface area contributed by atoms with Crippen LogP contribution in [0.5, 0.6) is 5.75 Å². The number of fused-ring (bicyclic) bond motifs is 1. The van der Waals surface area contributed by atoms with E-state index in [-0.39, 0.29) is 11.8 Å². The summed E-state index contributed by atoms with van der Waals surface area (Å²) in [5.74, 6) is 0.0644. The number of phenolic OH excluding ortho intramolecular Hbond substituents is 1. The number of pyridine rings is 1. The molecule has 1 aromatic carbocycles. The molecule has 3 heterocycles. The number of anilines is 1. The average molecular weight is 405 g/mol. The highest BCUT2D eigenvalue weighted by atomic mass is 35.5. The Balaban J connectivity index is 1.61. The topological polar surface area (TPSA) is 74.4 Å². The number of hydrogen-bond acceptors (Lipinski definition) is 6. The Bertz CT molecular complexity index is 986. The summed E-state index contributed by atoms with van der Waals surface area (Å²) in [6.07, 6.45) is -0.442. The van der Waals surface area contributed by atoms with Gasteiger partial charge in [0, 0.05) is 36.1 Å². The van der Waals surface area contributed by atoms with Crippen molar-refractivity contribution in [3.8, 4) is 17.0 Å². The molecular weight excluding hydrogens is 383 g/mol. The van der Waals surface area contributed by atoms with Gasteiger partial charge in [0.2, 0.25) is 5.65 Å². The molecule has 0 amide bonds. The molecular formula is C20H22ClFN4O2. The van der Waals surface area contributed by atoms with Gasteiger partial charge in [0.1, 0.15) is 11.9 Å². The molecule has 28 heavy (non-hydrogen) atoms. The summed E-state index contributed by atoms with van der Waals surface area (Å²) in [5, 5.41) is 13.9. The van der Waals surface area contributed by atoms with E-state index in [2.05, 4.69) is 20.2 Å². The highest BCUT2D eigenvalue weighted by Gasteiger charge is 2.27. The smallest absolute Gasteiger partial charge is 0.297 e. The van der Waals surface area contributed by atoms with Crippen LogP contribution in [0.15, 0.2) is 28.7 Å². The monoisotopic (exact) mass is 404 g/mol. The number of alkyl halides is 1. The number of nitrogens with zero attached hydrogens (tertiary/aromatic N) is 3. The summed E-state index contributed by atoms with van der Waals surface area (Å²) in [6.45, 7) is 5.90.